The highest BCUT2D eigenvalue weighted by Gasteiger charge is 2.17. The SMILES string of the molecule is Cc1cccc(-c2nccc3[nH]c(-c4n[nH]c5ccc(-c6cncnc6)nc45)nc23)c1. The molecule has 8 heteroatoms. The molecule has 0 spiro atoms. The second-order valence-electron chi connectivity index (χ2n) is 7.30. The van der Waals surface area contributed by atoms with Gasteiger partial charge in [0.1, 0.15) is 17.4 Å². The molecule has 0 saturated carbocycles. The Labute approximate surface area is 176 Å². The van der Waals surface area contributed by atoms with Crippen molar-refractivity contribution in [2.75, 3.05) is 0 Å². The summed E-state index contributed by atoms with van der Waals surface area (Å²) in [4.78, 5) is 25.8. The molecule has 0 bridgehead atoms. The van der Waals surface area contributed by atoms with Gasteiger partial charge in [-0.15, -0.1) is 0 Å². The van der Waals surface area contributed by atoms with E-state index < -0.39 is 0 Å². The summed E-state index contributed by atoms with van der Waals surface area (Å²) < 4.78 is 0. The Morgan fingerprint density at radius 2 is 1.68 bits per heavy atom. The number of benzene rings is 1. The lowest BCUT2D eigenvalue weighted by atomic mass is 10.1. The van der Waals surface area contributed by atoms with Crippen LogP contribution in [0.25, 0.3) is 56.1 Å². The Morgan fingerprint density at radius 1 is 0.806 bits per heavy atom. The number of pyridine rings is 2. The van der Waals surface area contributed by atoms with E-state index in [2.05, 4.69) is 49.2 Å². The van der Waals surface area contributed by atoms with Crippen LogP contribution in [0.2, 0.25) is 0 Å². The van der Waals surface area contributed by atoms with Crippen LogP contribution in [0.3, 0.4) is 0 Å². The van der Waals surface area contributed by atoms with Crippen LogP contribution in [-0.2, 0) is 0 Å². The molecular formula is C23H16N8. The van der Waals surface area contributed by atoms with E-state index in [9.17, 15) is 0 Å². The fourth-order valence-electron chi connectivity index (χ4n) is 3.71. The molecule has 2 N–H and O–H groups in total. The van der Waals surface area contributed by atoms with E-state index in [-0.39, 0.29) is 0 Å². The fourth-order valence-corrected chi connectivity index (χ4v) is 3.71. The number of fused-ring (bicyclic) bond motifs is 2. The van der Waals surface area contributed by atoms with Crippen LogP contribution in [0.1, 0.15) is 5.56 Å². The Kier molecular flexibility index (Phi) is 3.82. The van der Waals surface area contributed by atoms with Gasteiger partial charge in [0.05, 0.1) is 22.4 Å². The lowest BCUT2D eigenvalue weighted by Gasteiger charge is -2.02. The van der Waals surface area contributed by atoms with Crippen molar-refractivity contribution in [1.29, 1.82) is 0 Å². The Bertz CT molecular complexity index is 1550. The molecule has 31 heavy (non-hydrogen) atoms. The van der Waals surface area contributed by atoms with Crippen molar-refractivity contribution < 1.29 is 0 Å². The van der Waals surface area contributed by atoms with E-state index in [0.717, 1.165) is 44.6 Å². The number of aromatic amines is 2. The molecule has 6 aromatic rings. The second kappa shape index (κ2) is 6.81. The van der Waals surface area contributed by atoms with Gasteiger partial charge in [-0.05, 0) is 31.2 Å². The monoisotopic (exact) mass is 404 g/mol. The summed E-state index contributed by atoms with van der Waals surface area (Å²) in [5, 5.41) is 7.52. The van der Waals surface area contributed by atoms with Crippen LogP contribution in [0.4, 0.5) is 0 Å². The first-order valence-corrected chi connectivity index (χ1v) is 9.79. The first kappa shape index (κ1) is 17.4. The molecule has 0 aliphatic heterocycles. The molecule has 1 aromatic carbocycles. The smallest absolute Gasteiger partial charge is 0.161 e. The van der Waals surface area contributed by atoms with Gasteiger partial charge >= 0.3 is 0 Å². The van der Waals surface area contributed by atoms with Gasteiger partial charge in [0.25, 0.3) is 0 Å². The van der Waals surface area contributed by atoms with Gasteiger partial charge in [0.15, 0.2) is 11.5 Å². The van der Waals surface area contributed by atoms with Gasteiger partial charge in [0.2, 0.25) is 0 Å². The lowest BCUT2D eigenvalue weighted by molar-refractivity contribution is 1.10. The van der Waals surface area contributed by atoms with Crippen LogP contribution in [-0.4, -0.2) is 40.1 Å². The summed E-state index contributed by atoms with van der Waals surface area (Å²) in [5.74, 6) is 0.636. The molecule has 0 saturated heterocycles. The number of imidazole rings is 1. The van der Waals surface area contributed by atoms with E-state index in [4.69, 9.17) is 9.97 Å². The Hall–Kier alpha value is -4.46. The van der Waals surface area contributed by atoms with Crippen LogP contribution >= 0.6 is 0 Å². The Balaban J connectivity index is 1.52. The Morgan fingerprint density at radius 3 is 2.55 bits per heavy atom. The summed E-state index contributed by atoms with van der Waals surface area (Å²) in [5.41, 5.74) is 8.54. The van der Waals surface area contributed by atoms with Gasteiger partial charge in [-0.25, -0.2) is 19.9 Å². The molecule has 0 aliphatic carbocycles. The molecule has 0 radical (unpaired) electrons. The molecule has 0 aliphatic rings. The van der Waals surface area contributed by atoms with E-state index >= 15 is 0 Å². The van der Waals surface area contributed by atoms with E-state index in [1.54, 1.807) is 18.6 Å². The summed E-state index contributed by atoms with van der Waals surface area (Å²) in [6.45, 7) is 2.07. The number of hydrogen-bond acceptors (Lipinski definition) is 6. The molecule has 0 amide bonds. The third kappa shape index (κ3) is 2.93. The number of aryl methyl sites for hydroxylation is 1. The molecule has 0 unspecified atom stereocenters. The zero-order valence-corrected chi connectivity index (χ0v) is 16.5. The average molecular weight is 404 g/mol. The summed E-state index contributed by atoms with van der Waals surface area (Å²) in [6, 6.07) is 14.0. The van der Waals surface area contributed by atoms with Crippen LogP contribution in [0.15, 0.2) is 67.4 Å². The predicted molar refractivity (Wildman–Crippen MR) is 118 cm³/mol. The third-order valence-corrected chi connectivity index (χ3v) is 5.18. The van der Waals surface area contributed by atoms with Crippen LogP contribution in [0, 0.1) is 6.92 Å². The summed E-state index contributed by atoms with van der Waals surface area (Å²) in [7, 11) is 0. The van der Waals surface area contributed by atoms with Gasteiger partial charge in [-0.3, -0.25) is 10.1 Å². The van der Waals surface area contributed by atoms with E-state index in [0.29, 0.717) is 11.5 Å². The molecule has 5 heterocycles. The molecular weight excluding hydrogens is 388 g/mol. The quantitative estimate of drug-likeness (QED) is 0.454. The predicted octanol–water partition coefficient (Wildman–Crippen LogP) is 4.33. The first-order valence-electron chi connectivity index (χ1n) is 9.79. The molecule has 0 atom stereocenters. The highest BCUT2D eigenvalue weighted by molar-refractivity contribution is 5.95. The summed E-state index contributed by atoms with van der Waals surface area (Å²) in [6.07, 6.45) is 6.76. The number of aromatic nitrogens is 8. The highest BCUT2D eigenvalue weighted by Crippen LogP contribution is 2.30. The van der Waals surface area contributed by atoms with Crippen molar-refractivity contribution in [2.24, 2.45) is 0 Å². The number of nitrogens with one attached hydrogen (secondary N) is 2. The van der Waals surface area contributed by atoms with Gasteiger partial charge in [-0.1, -0.05) is 23.8 Å². The van der Waals surface area contributed by atoms with Gasteiger partial charge < -0.3 is 4.98 Å². The van der Waals surface area contributed by atoms with Crippen molar-refractivity contribution in [3.05, 3.63) is 72.9 Å². The zero-order valence-electron chi connectivity index (χ0n) is 16.5. The number of rotatable bonds is 3. The maximum atomic E-state index is 4.85. The van der Waals surface area contributed by atoms with Crippen molar-refractivity contribution in [2.45, 2.75) is 6.92 Å². The molecule has 0 fully saturated rings. The number of H-pyrrole nitrogens is 2. The second-order valence-corrected chi connectivity index (χ2v) is 7.30. The van der Waals surface area contributed by atoms with Gasteiger partial charge in [-0.2, -0.15) is 5.10 Å². The van der Waals surface area contributed by atoms with Crippen molar-refractivity contribution in [3.63, 3.8) is 0 Å². The van der Waals surface area contributed by atoms with E-state index in [1.165, 1.54) is 11.9 Å². The van der Waals surface area contributed by atoms with Gasteiger partial charge in [0, 0.05) is 29.7 Å². The van der Waals surface area contributed by atoms with Crippen LogP contribution < -0.4 is 0 Å². The minimum absolute atomic E-state index is 0.636. The van der Waals surface area contributed by atoms with Crippen molar-refractivity contribution in [3.8, 4) is 34.0 Å². The average Bonchev–Trinajstić information content (AvgIpc) is 3.43. The van der Waals surface area contributed by atoms with Crippen molar-refractivity contribution >= 4 is 22.1 Å². The zero-order chi connectivity index (χ0) is 20.8. The largest absolute Gasteiger partial charge is 0.336 e. The maximum Gasteiger partial charge on any atom is 0.161 e. The maximum absolute atomic E-state index is 4.85. The third-order valence-electron chi connectivity index (χ3n) is 5.18. The molecule has 6 rings (SSSR count). The fraction of sp³-hybridized carbons (Fsp3) is 0.0435. The van der Waals surface area contributed by atoms with E-state index in [1.807, 2.05) is 30.3 Å². The normalized spacial score (nSPS) is 11.4. The lowest BCUT2D eigenvalue weighted by Crippen LogP contribution is -1.88. The molecule has 5 aromatic heterocycles. The first-order chi connectivity index (χ1) is 15.3. The minimum Gasteiger partial charge on any atom is -0.336 e. The van der Waals surface area contributed by atoms with Crippen LogP contribution in [0.5, 0.6) is 0 Å². The number of nitrogens with zero attached hydrogens (tertiary/aromatic N) is 6. The topological polar surface area (TPSA) is 109 Å². The highest BCUT2D eigenvalue weighted by atomic mass is 15.2. The number of hydrogen-bond donors (Lipinski definition) is 2. The summed E-state index contributed by atoms with van der Waals surface area (Å²) >= 11 is 0. The molecule has 8 nitrogen and oxygen atoms in total. The van der Waals surface area contributed by atoms with Crippen molar-refractivity contribution in [1.82, 2.24) is 40.1 Å². The standard InChI is InChI=1S/C23H16N8/c1-13-3-2-4-14(9-13)19-20-17(7-8-26-19)28-23(29-20)22-21-18(30-31-22)6-5-16(27-21)15-10-24-12-25-11-15/h2-12H,1H3,(H,28,29)(H,30,31). The molecule has 148 valence electrons. The minimum atomic E-state index is 0.636.